The fraction of sp³-hybridized carbons (Fsp3) is 0.875. The molecule has 1 unspecified atom stereocenters. The molecule has 64 valence electrons. The van der Waals surface area contributed by atoms with Gasteiger partial charge < -0.3 is 10.5 Å². The molecule has 0 aromatic heterocycles. The summed E-state index contributed by atoms with van der Waals surface area (Å²) in [6.07, 6.45) is 3.43. The Morgan fingerprint density at radius 2 is 2.36 bits per heavy atom. The third-order valence-corrected chi connectivity index (χ3v) is 2.13. The van der Waals surface area contributed by atoms with Gasteiger partial charge in [-0.15, -0.1) is 0 Å². The molecule has 1 aliphatic rings. The van der Waals surface area contributed by atoms with E-state index in [0.29, 0.717) is 6.54 Å². The number of nitrogens with two attached hydrogens (primary N) is 1. The molecule has 0 aliphatic heterocycles. The van der Waals surface area contributed by atoms with E-state index in [1.54, 1.807) is 0 Å². The summed E-state index contributed by atoms with van der Waals surface area (Å²) in [7, 11) is 1.41. The molecule has 1 aliphatic carbocycles. The van der Waals surface area contributed by atoms with Crippen LogP contribution in [0.1, 0.15) is 19.3 Å². The minimum atomic E-state index is -0.153. The summed E-state index contributed by atoms with van der Waals surface area (Å²) in [6.45, 7) is 0.420. The predicted molar refractivity (Wildman–Crippen MR) is 41.9 cm³/mol. The fourth-order valence-electron chi connectivity index (χ4n) is 1.21. The summed E-state index contributed by atoms with van der Waals surface area (Å²) < 4.78 is 4.61. The molecule has 3 heteroatoms. The molecule has 0 spiro atoms. The average Bonchev–Trinajstić information content (AvgIpc) is 2.82. The number of rotatable bonds is 4. The molecule has 0 amide bonds. The highest BCUT2D eigenvalue weighted by atomic mass is 16.5. The maximum absolute atomic E-state index is 11.0. The summed E-state index contributed by atoms with van der Waals surface area (Å²) in [5.41, 5.74) is 5.42. The molecule has 3 nitrogen and oxygen atoms in total. The summed E-state index contributed by atoms with van der Waals surface area (Å²) in [4.78, 5) is 11.0. The number of carbonyl (C=O) groups excluding carboxylic acids is 1. The zero-order valence-corrected chi connectivity index (χ0v) is 6.88. The molecule has 0 aromatic rings. The maximum atomic E-state index is 11.0. The lowest BCUT2D eigenvalue weighted by molar-refractivity contribution is -0.145. The van der Waals surface area contributed by atoms with Crippen molar-refractivity contribution in [2.75, 3.05) is 13.7 Å². The monoisotopic (exact) mass is 157 g/mol. The second-order valence-electron chi connectivity index (χ2n) is 3.13. The van der Waals surface area contributed by atoms with Gasteiger partial charge in [-0.1, -0.05) is 12.8 Å². The van der Waals surface area contributed by atoms with Gasteiger partial charge in [0.05, 0.1) is 13.0 Å². The van der Waals surface area contributed by atoms with E-state index in [-0.39, 0.29) is 11.9 Å². The second-order valence-corrected chi connectivity index (χ2v) is 3.13. The molecule has 1 saturated carbocycles. The van der Waals surface area contributed by atoms with Crippen molar-refractivity contribution in [2.24, 2.45) is 17.6 Å². The van der Waals surface area contributed by atoms with E-state index < -0.39 is 0 Å². The van der Waals surface area contributed by atoms with Crippen LogP contribution in [0.25, 0.3) is 0 Å². The number of hydrogen-bond donors (Lipinski definition) is 1. The highest BCUT2D eigenvalue weighted by Crippen LogP contribution is 2.35. The van der Waals surface area contributed by atoms with E-state index in [2.05, 4.69) is 4.74 Å². The zero-order valence-electron chi connectivity index (χ0n) is 6.88. The molecule has 0 saturated heterocycles. The Labute approximate surface area is 66.9 Å². The first kappa shape index (κ1) is 8.53. The first-order chi connectivity index (χ1) is 5.27. The summed E-state index contributed by atoms with van der Waals surface area (Å²) in [6, 6.07) is 0. The lowest BCUT2D eigenvalue weighted by Gasteiger charge is -2.10. The third-order valence-electron chi connectivity index (χ3n) is 2.13. The van der Waals surface area contributed by atoms with Gasteiger partial charge in [0.1, 0.15) is 0 Å². The van der Waals surface area contributed by atoms with Gasteiger partial charge in [-0.05, 0) is 12.3 Å². The normalized spacial score (nSPS) is 19.5. The first-order valence-corrected chi connectivity index (χ1v) is 4.05. The Morgan fingerprint density at radius 3 is 2.73 bits per heavy atom. The van der Waals surface area contributed by atoms with Crippen LogP contribution in [0.4, 0.5) is 0 Å². The van der Waals surface area contributed by atoms with Gasteiger partial charge in [-0.2, -0.15) is 0 Å². The van der Waals surface area contributed by atoms with Crippen molar-refractivity contribution in [3.8, 4) is 0 Å². The van der Waals surface area contributed by atoms with E-state index in [4.69, 9.17) is 5.73 Å². The first-order valence-electron chi connectivity index (χ1n) is 4.05. The number of carbonyl (C=O) groups is 1. The van der Waals surface area contributed by atoms with E-state index >= 15 is 0 Å². The van der Waals surface area contributed by atoms with Gasteiger partial charge in [0.15, 0.2) is 0 Å². The number of hydrogen-bond acceptors (Lipinski definition) is 3. The van der Waals surface area contributed by atoms with Gasteiger partial charge in [-0.25, -0.2) is 0 Å². The lowest BCUT2D eigenvalue weighted by Crippen LogP contribution is -2.25. The average molecular weight is 157 g/mol. The van der Waals surface area contributed by atoms with Crippen molar-refractivity contribution in [2.45, 2.75) is 19.3 Å². The SMILES string of the molecule is COC(=O)C(CN)CC1CC1. The number of methoxy groups -OCH3 is 1. The van der Waals surface area contributed by atoms with Crippen LogP contribution in [-0.4, -0.2) is 19.6 Å². The number of esters is 1. The quantitative estimate of drug-likeness (QED) is 0.606. The van der Waals surface area contributed by atoms with Crippen LogP contribution in [0.2, 0.25) is 0 Å². The van der Waals surface area contributed by atoms with E-state index in [1.165, 1.54) is 20.0 Å². The van der Waals surface area contributed by atoms with Crippen molar-refractivity contribution in [1.82, 2.24) is 0 Å². The Kier molecular flexibility index (Phi) is 2.88. The van der Waals surface area contributed by atoms with E-state index in [0.717, 1.165) is 12.3 Å². The minimum absolute atomic E-state index is 0.0625. The molecule has 0 bridgehead atoms. The molecule has 0 heterocycles. The highest BCUT2D eigenvalue weighted by molar-refractivity contribution is 5.72. The molecule has 0 aromatic carbocycles. The molecule has 1 fully saturated rings. The summed E-state index contributed by atoms with van der Waals surface area (Å²) >= 11 is 0. The number of ether oxygens (including phenoxy) is 1. The minimum Gasteiger partial charge on any atom is -0.469 e. The molecule has 11 heavy (non-hydrogen) atoms. The Balaban J connectivity index is 2.27. The standard InChI is InChI=1S/C8H15NO2/c1-11-8(10)7(5-9)4-6-2-3-6/h6-7H,2-5,9H2,1H3. The van der Waals surface area contributed by atoms with Crippen molar-refractivity contribution in [3.63, 3.8) is 0 Å². The Hall–Kier alpha value is -0.570. The van der Waals surface area contributed by atoms with Crippen molar-refractivity contribution < 1.29 is 9.53 Å². The molecule has 1 rings (SSSR count). The van der Waals surface area contributed by atoms with Crippen LogP contribution in [0.15, 0.2) is 0 Å². The molecule has 2 N–H and O–H groups in total. The van der Waals surface area contributed by atoms with E-state index in [1.807, 2.05) is 0 Å². The van der Waals surface area contributed by atoms with Gasteiger partial charge in [-0.3, -0.25) is 4.79 Å². The van der Waals surface area contributed by atoms with Crippen LogP contribution in [0, 0.1) is 11.8 Å². The van der Waals surface area contributed by atoms with Crippen molar-refractivity contribution in [1.29, 1.82) is 0 Å². The van der Waals surface area contributed by atoms with Gasteiger partial charge >= 0.3 is 5.97 Å². The third kappa shape index (κ3) is 2.50. The second kappa shape index (κ2) is 3.72. The van der Waals surface area contributed by atoms with Crippen molar-refractivity contribution >= 4 is 5.97 Å². The van der Waals surface area contributed by atoms with Crippen LogP contribution < -0.4 is 5.73 Å². The van der Waals surface area contributed by atoms with E-state index in [9.17, 15) is 4.79 Å². The van der Waals surface area contributed by atoms with Gasteiger partial charge in [0, 0.05) is 6.54 Å². The topological polar surface area (TPSA) is 52.3 Å². The smallest absolute Gasteiger partial charge is 0.309 e. The molecule has 0 radical (unpaired) electrons. The molecular weight excluding hydrogens is 142 g/mol. The van der Waals surface area contributed by atoms with Crippen LogP contribution in [0.5, 0.6) is 0 Å². The predicted octanol–water partition coefficient (Wildman–Crippen LogP) is 0.534. The summed E-state index contributed by atoms with van der Waals surface area (Å²) in [5, 5.41) is 0. The van der Waals surface area contributed by atoms with Gasteiger partial charge in [0.2, 0.25) is 0 Å². The molecular formula is C8H15NO2. The molecule has 1 atom stereocenters. The lowest BCUT2D eigenvalue weighted by atomic mass is 10.0. The largest absolute Gasteiger partial charge is 0.469 e. The van der Waals surface area contributed by atoms with Crippen LogP contribution in [-0.2, 0) is 9.53 Å². The van der Waals surface area contributed by atoms with Crippen molar-refractivity contribution in [3.05, 3.63) is 0 Å². The Bertz CT molecular complexity index is 143. The van der Waals surface area contributed by atoms with Gasteiger partial charge in [0.25, 0.3) is 0 Å². The van der Waals surface area contributed by atoms with Crippen LogP contribution in [0.3, 0.4) is 0 Å². The van der Waals surface area contributed by atoms with Crippen LogP contribution >= 0.6 is 0 Å². The summed E-state index contributed by atoms with van der Waals surface area (Å²) in [5.74, 6) is 0.523. The fourth-order valence-corrected chi connectivity index (χ4v) is 1.21. The Morgan fingerprint density at radius 1 is 1.73 bits per heavy atom. The highest BCUT2D eigenvalue weighted by Gasteiger charge is 2.28. The zero-order chi connectivity index (χ0) is 8.27. The maximum Gasteiger partial charge on any atom is 0.309 e.